The number of nitrogens with zero attached hydrogens (tertiary/aromatic N) is 3. The zero-order valence-electron chi connectivity index (χ0n) is 16.0. The maximum atomic E-state index is 11.9. The Bertz CT molecular complexity index is 865. The second-order valence-electron chi connectivity index (χ2n) is 6.79. The Hall–Kier alpha value is -3.20. The van der Waals surface area contributed by atoms with Crippen molar-refractivity contribution >= 4 is 35.0 Å². The predicted molar refractivity (Wildman–Crippen MR) is 109 cm³/mol. The molecule has 1 aromatic heterocycles. The van der Waals surface area contributed by atoms with Crippen LogP contribution in [-0.4, -0.2) is 48.0 Å². The van der Waals surface area contributed by atoms with Gasteiger partial charge in [0.2, 0.25) is 11.9 Å². The maximum absolute atomic E-state index is 11.9. The first kappa shape index (κ1) is 19.6. The molecule has 0 saturated carbocycles. The van der Waals surface area contributed by atoms with Crippen molar-refractivity contribution in [1.29, 1.82) is 0 Å². The summed E-state index contributed by atoms with van der Waals surface area (Å²) >= 11 is 0. The topological polar surface area (TPSA) is 125 Å². The van der Waals surface area contributed by atoms with Gasteiger partial charge in [-0.05, 0) is 37.6 Å². The van der Waals surface area contributed by atoms with E-state index in [0.717, 1.165) is 25.9 Å². The monoisotopic (exact) mass is 383 g/mol. The molecule has 9 nitrogen and oxygen atoms in total. The van der Waals surface area contributed by atoms with Gasteiger partial charge in [-0.25, -0.2) is 4.98 Å². The van der Waals surface area contributed by atoms with Crippen LogP contribution >= 0.6 is 0 Å². The van der Waals surface area contributed by atoms with Crippen LogP contribution in [0.3, 0.4) is 0 Å². The van der Waals surface area contributed by atoms with Gasteiger partial charge in [0, 0.05) is 44.1 Å². The van der Waals surface area contributed by atoms with E-state index in [9.17, 15) is 9.59 Å². The van der Waals surface area contributed by atoms with Gasteiger partial charge in [-0.1, -0.05) is 6.07 Å². The molecule has 0 radical (unpaired) electrons. The molecule has 1 unspecified atom stereocenters. The van der Waals surface area contributed by atoms with Crippen molar-refractivity contribution < 1.29 is 9.59 Å². The van der Waals surface area contributed by atoms with Crippen molar-refractivity contribution in [3.05, 3.63) is 36.0 Å². The number of anilines is 4. The fourth-order valence-electron chi connectivity index (χ4n) is 3.22. The van der Waals surface area contributed by atoms with E-state index in [4.69, 9.17) is 5.73 Å². The molecular formula is C19H25N7O2. The number of nitrogens with two attached hydrogens (primary N) is 1. The van der Waals surface area contributed by atoms with Gasteiger partial charge in [0.1, 0.15) is 11.4 Å². The van der Waals surface area contributed by atoms with Crippen LogP contribution < -0.4 is 26.6 Å². The van der Waals surface area contributed by atoms with E-state index in [1.807, 2.05) is 24.1 Å². The molecule has 2 amide bonds. The number of nitrogens with one attached hydrogen (secondary N) is 3. The zero-order chi connectivity index (χ0) is 20.1. The van der Waals surface area contributed by atoms with Gasteiger partial charge < -0.3 is 26.6 Å². The number of hydrogen-bond donors (Lipinski definition) is 4. The van der Waals surface area contributed by atoms with Crippen LogP contribution in [0.1, 0.15) is 30.1 Å². The van der Waals surface area contributed by atoms with Crippen LogP contribution in [-0.2, 0) is 4.79 Å². The molecule has 2 aromatic rings. The number of rotatable bonds is 6. The number of aromatic nitrogens is 2. The number of hydrogen-bond acceptors (Lipinski definition) is 7. The first-order valence-corrected chi connectivity index (χ1v) is 9.19. The van der Waals surface area contributed by atoms with E-state index >= 15 is 0 Å². The van der Waals surface area contributed by atoms with Gasteiger partial charge in [0.15, 0.2) is 0 Å². The summed E-state index contributed by atoms with van der Waals surface area (Å²) in [6.07, 6.45) is 3.51. The van der Waals surface area contributed by atoms with Crippen molar-refractivity contribution in [1.82, 2.24) is 15.3 Å². The average molecular weight is 383 g/mol. The zero-order valence-corrected chi connectivity index (χ0v) is 16.0. The van der Waals surface area contributed by atoms with Gasteiger partial charge in [-0.15, -0.1) is 0 Å². The Balaban J connectivity index is 1.86. The van der Waals surface area contributed by atoms with Crippen molar-refractivity contribution in [2.75, 3.05) is 35.7 Å². The predicted octanol–water partition coefficient (Wildman–Crippen LogP) is 1.47. The molecular weight excluding hydrogens is 358 g/mol. The molecule has 5 N–H and O–H groups in total. The minimum absolute atomic E-state index is 0.149. The molecule has 1 aliphatic rings. The highest BCUT2D eigenvalue weighted by molar-refractivity contribution is 5.97. The number of amides is 2. The average Bonchev–Trinajstić information content (AvgIpc) is 2.67. The Morgan fingerprint density at radius 3 is 2.79 bits per heavy atom. The summed E-state index contributed by atoms with van der Waals surface area (Å²) < 4.78 is 0. The Kier molecular flexibility index (Phi) is 6.05. The van der Waals surface area contributed by atoms with Gasteiger partial charge in [0.05, 0.1) is 0 Å². The molecule has 0 aliphatic carbocycles. The van der Waals surface area contributed by atoms with Crippen molar-refractivity contribution in [2.24, 2.45) is 5.73 Å². The fourth-order valence-corrected chi connectivity index (χ4v) is 3.22. The third-order valence-electron chi connectivity index (χ3n) is 4.63. The Labute approximate surface area is 163 Å². The maximum Gasteiger partial charge on any atom is 0.254 e. The molecule has 1 atom stereocenters. The number of piperidine rings is 1. The standard InChI is InChI=1S/C19H25N7O2/c1-12(27)23-13-5-3-6-14(9-13)24-19-22-11-16(17(20)28)18(25-19)26(2)15-7-4-8-21-10-15/h3,5-6,9,11,15,21H,4,7-8,10H2,1-2H3,(H2,20,28)(H,23,27)(H,22,24,25). The molecule has 1 fully saturated rings. The summed E-state index contributed by atoms with van der Waals surface area (Å²) in [5, 5.41) is 9.20. The minimum Gasteiger partial charge on any atom is -0.365 e. The molecule has 148 valence electrons. The lowest BCUT2D eigenvalue weighted by molar-refractivity contribution is -0.114. The Morgan fingerprint density at radius 2 is 2.11 bits per heavy atom. The van der Waals surface area contributed by atoms with Gasteiger partial charge in [-0.3, -0.25) is 9.59 Å². The molecule has 3 rings (SSSR count). The highest BCUT2D eigenvalue weighted by Gasteiger charge is 2.23. The van der Waals surface area contributed by atoms with Crippen LogP contribution in [0.4, 0.5) is 23.1 Å². The molecule has 1 saturated heterocycles. The summed E-state index contributed by atoms with van der Waals surface area (Å²) in [5.74, 6) is 0.126. The van der Waals surface area contributed by atoms with Crippen molar-refractivity contribution in [3.8, 4) is 0 Å². The lowest BCUT2D eigenvalue weighted by atomic mass is 10.1. The highest BCUT2D eigenvalue weighted by atomic mass is 16.1. The SMILES string of the molecule is CC(=O)Nc1cccc(Nc2ncc(C(N)=O)c(N(C)C3CCCNC3)n2)c1. The number of carbonyl (C=O) groups excluding carboxylic acids is 2. The fraction of sp³-hybridized carbons (Fsp3) is 0.368. The summed E-state index contributed by atoms with van der Waals surface area (Å²) in [7, 11) is 1.91. The second-order valence-corrected chi connectivity index (χ2v) is 6.79. The van der Waals surface area contributed by atoms with Crippen LogP contribution in [0.25, 0.3) is 0 Å². The third-order valence-corrected chi connectivity index (χ3v) is 4.63. The molecule has 1 aromatic carbocycles. The minimum atomic E-state index is -0.565. The van der Waals surface area contributed by atoms with E-state index in [-0.39, 0.29) is 17.5 Å². The Morgan fingerprint density at radius 1 is 1.32 bits per heavy atom. The van der Waals surface area contributed by atoms with Crippen LogP contribution in [0.5, 0.6) is 0 Å². The number of benzene rings is 1. The van der Waals surface area contributed by atoms with Crippen molar-refractivity contribution in [2.45, 2.75) is 25.8 Å². The smallest absolute Gasteiger partial charge is 0.254 e. The normalized spacial score (nSPS) is 16.3. The van der Waals surface area contributed by atoms with E-state index in [1.54, 1.807) is 12.1 Å². The third kappa shape index (κ3) is 4.74. The first-order chi connectivity index (χ1) is 13.4. The molecule has 0 bridgehead atoms. The molecule has 1 aliphatic heterocycles. The van der Waals surface area contributed by atoms with E-state index < -0.39 is 5.91 Å². The quantitative estimate of drug-likeness (QED) is 0.595. The first-order valence-electron chi connectivity index (χ1n) is 9.19. The lowest BCUT2D eigenvalue weighted by Crippen LogP contribution is -2.45. The number of primary amides is 1. The number of likely N-dealkylation sites (N-methyl/N-ethyl adjacent to an activating group) is 1. The van der Waals surface area contributed by atoms with Gasteiger partial charge in [0.25, 0.3) is 5.91 Å². The van der Waals surface area contributed by atoms with E-state index in [0.29, 0.717) is 23.1 Å². The van der Waals surface area contributed by atoms with Crippen LogP contribution in [0.15, 0.2) is 30.5 Å². The molecule has 28 heavy (non-hydrogen) atoms. The van der Waals surface area contributed by atoms with Crippen LogP contribution in [0.2, 0.25) is 0 Å². The van der Waals surface area contributed by atoms with E-state index in [2.05, 4.69) is 25.9 Å². The highest BCUT2D eigenvalue weighted by Crippen LogP contribution is 2.24. The largest absolute Gasteiger partial charge is 0.365 e. The van der Waals surface area contributed by atoms with Crippen LogP contribution in [0, 0.1) is 0 Å². The van der Waals surface area contributed by atoms with Gasteiger partial charge in [-0.2, -0.15) is 4.98 Å². The summed E-state index contributed by atoms with van der Waals surface area (Å²) in [5.41, 5.74) is 7.19. The second kappa shape index (κ2) is 8.66. The van der Waals surface area contributed by atoms with E-state index in [1.165, 1.54) is 13.1 Å². The summed E-state index contributed by atoms with van der Waals surface area (Å²) in [4.78, 5) is 33.9. The summed E-state index contributed by atoms with van der Waals surface area (Å²) in [6, 6.07) is 7.44. The molecule has 2 heterocycles. The molecule has 0 spiro atoms. The molecule has 9 heteroatoms. The van der Waals surface area contributed by atoms with Gasteiger partial charge >= 0.3 is 0 Å². The summed E-state index contributed by atoms with van der Waals surface area (Å²) in [6.45, 7) is 3.27. The lowest BCUT2D eigenvalue weighted by Gasteiger charge is -2.33. The van der Waals surface area contributed by atoms with Crippen molar-refractivity contribution in [3.63, 3.8) is 0 Å². The number of carbonyl (C=O) groups is 2.